The third kappa shape index (κ3) is 5.79. The number of pyridine rings is 1. The Bertz CT molecular complexity index is 1030. The van der Waals surface area contributed by atoms with Gasteiger partial charge in [0.1, 0.15) is 0 Å². The summed E-state index contributed by atoms with van der Waals surface area (Å²) in [6, 6.07) is 17.7. The molecule has 7 heteroatoms. The van der Waals surface area contributed by atoms with Gasteiger partial charge in [0.25, 0.3) is 5.91 Å². The summed E-state index contributed by atoms with van der Waals surface area (Å²) in [5.41, 5.74) is 2.64. The van der Waals surface area contributed by atoms with Crippen LogP contribution in [0.3, 0.4) is 0 Å². The molecule has 1 aromatic heterocycles. The molecule has 0 aliphatic carbocycles. The number of hydrogen-bond donors (Lipinski definition) is 1. The van der Waals surface area contributed by atoms with Gasteiger partial charge >= 0.3 is 0 Å². The van der Waals surface area contributed by atoms with Gasteiger partial charge in [-0.25, -0.2) is 0 Å². The van der Waals surface area contributed by atoms with Crippen molar-refractivity contribution in [3.05, 3.63) is 93.7 Å². The molecule has 2 amide bonds. The Morgan fingerprint density at radius 1 is 0.966 bits per heavy atom. The number of aromatic nitrogens is 1. The highest BCUT2D eigenvalue weighted by Gasteiger charge is 2.18. The number of amides is 2. The van der Waals surface area contributed by atoms with Crippen molar-refractivity contribution in [3.63, 3.8) is 0 Å². The van der Waals surface area contributed by atoms with Crippen LogP contribution in [0.1, 0.15) is 28.5 Å². The van der Waals surface area contributed by atoms with Crippen LogP contribution in [0.5, 0.6) is 0 Å². The van der Waals surface area contributed by atoms with Crippen LogP contribution in [0.2, 0.25) is 10.0 Å². The molecule has 1 heterocycles. The predicted octanol–water partition coefficient (Wildman–Crippen LogP) is 5.19. The quantitative estimate of drug-likeness (QED) is 0.588. The number of carbonyl (C=O) groups is 2. The largest absolute Gasteiger partial charge is 0.328 e. The molecule has 0 saturated heterocycles. The molecule has 3 aromatic rings. The maximum Gasteiger partial charge on any atom is 0.254 e. The molecule has 148 valence electrons. The van der Waals surface area contributed by atoms with E-state index < -0.39 is 0 Å². The second kappa shape index (κ2) is 9.54. The molecular weight excluding hydrogens is 409 g/mol. The summed E-state index contributed by atoms with van der Waals surface area (Å²) in [6.07, 6.45) is 1.69. The van der Waals surface area contributed by atoms with Gasteiger partial charge in [-0.2, -0.15) is 0 Å². The Kier molecular flexibility index (Phi) is 6.86. The van der Waals surface area contributed by atoms with E-state index in [1.807, 2.05) is 24.3 Å². The van der Waals surface area contributed by atoms with Crippen molar-refractivity contribution in [1.29, 1.82) is 0 Å². The molecular formula is C22H19Cl2N3O2. The number of benzene rings is 2. The predicted molar refractivity (Wildman–Crippen MR) is 115 cm³/mol. The molecule has 0 spiro atoms. The van der Waals surface area contributed by atoms with Gasteiger partial charge in [0.05, 0.1) is 22.3 Å². The normalized spacial score (nSPS) is 10.4. The molecule has 0 aliphatic heterocycles. The van der Waals surface area contributed by atoms with E-state index in [0.717, 1.165) is 11.3 Å². The minimum absolute atomic E-state index is 0.186. The fourth-order valence-electron chi connectivity index (χ4n) is 2.86. The summed E-state index contributed by atoms with van der Waals surface area (Å²) in [6.45, 7) is 2.08. The summed E-state index contributed by atoms with van der Waals surface area (Å²) in [5.74, 6) is -0.385. The lowest BCUT2D eigenvalue weighted by Crippen LogP contribution is -2.30. The van der Waals surface area contributed by atoms with Crippen LogP contribution in [-0.4, -0.2) is 21.7 Å². The monoisotopic (exact) mass is 427 g/mol. The number of nitrogens with zero attached hydrogens (tertiary/aromatic N) is 2. The first-order chi connectivity index (χ1) is 13.9. The van der Waals surface area contributed by atoms with Gasteiger partial charge in [-0.3, -0.25) is 14.6 Å². The van der Waals surface area contributed by atoms with Gasteiger partial charge in [-0.1, -0.05) is 41.4 Å². The molecule has 2 aromatic carbocycles. The fourth-order valence-corrected chi connectivity index (χ4v) is 3.18. The Hall–Kier alpha value is -2.89. The zero-order valence-corrected chi connectivity index (χ0v) is 17.2. The molecule has 1 N–H and O–H groups in total. The van der Waals surface area contributed by atoms with Crippen molar-refractivity contribution in [1.82, 2.24) is 9.88 Å². The second-order valence-corrected chi connectivity index (χ2v) is 7.31. The van der Waals surface area contributed by atoms with Gasteiger partial charge in [0, 0.05) is 30.9 Å². The van der Waals surface area contributed by atoms with Crippen molar-refractivity contribution in [3.8, 4) is 0 Å². The summed E-state index contributed by atoms with van der Waals surface area (Å²) in [7, 11) is 0. The Morgan fingerprint density at radius 3 is 2.48 bits per heavy atom. The smallest absolute Gasteiger partial charge is 0.254 e. The summed E-state index contributed by atoms with van der Waals surface area (Å²) < 4.78 is 0. The standard InChI is InChI=1S/C22H19Cl2N3O2/c1-15(28)26-18-7-4-5-17(12-18)22(29)27(14-19-6-2-3-10-25-19)13-16-8-9-20(23)21(24)11-16/h2-12H,13-14H2,1H3,(H,26,28). The number of nitrogens with one attached hydrogen (secondary N) is 1. The van der Waals surface area contributed by atoms with E-state index >= 15 is 0 Å². The zero-order valence-electron chi connectivity index (χ0n) is 15.7. The highest BCUT2D eigenvalue weighted by Crippen LogP contribution is 2.24. The first-order valence-electron chi connectivity index (χ1n) is 8.93. The van der Waals surface area contributed by atoms with Gasteiger partial charge < -0.3 is 10.2 Å². The minimum Gasteiger partial charge on any atom is -0.328 e. The molecule has 0 atom stereocenters. The van der Waals surface area contributed by atoms with E-state index in [2.05, 4.69) is 10.3 Å². The summed E-state index contributed by atoms with van der Waals surface area (Å²) in [5, 5.41) is 3.59. The van der Waals surface area contributed by atoms with Crippen molar-refractivity contribution >= 4 is 40.7 Å². The van der Waals surface area contributed by atoms with Crippen molar-refractivity contribution < 1.29 is 9.59 Å². The maximum atomic E-state index is 13.3. The van der Waals surface area contributed by atoms with E-state index in [1.165, 1.54) is 6.92 Å². The zero-order chi connectivity index (χ0) is 20.8. The lowest BCUT2D eigenvalue weighted by Gasteiger charge is -2.23. The highest BCUT2D eigenvalue weighted by molar-refractivity contribution is 6.42. The lowest BCUT2D eigenvalue weighted by atomic mass is 10.1. The van der Waals surface area contributed by atoms with E-state index in [1.54, 1.807) is 47.5 Å². The number of anilines is 1. The number of hydrogen-bond acceptors (Lipinski definition) is 3. The average molecular weight is 428 g/mol. The SMILES string of the molecule is CC(=O)Nc1cccc(C(=O)N(Cc2ccc(Cl)c(Cl)c2)Cc2ccccn2)c1. The minimum atomic E-state index is -0.198. The highest BCUT2D eigenvalue weighted by atomic mass is 35.5. The molecule has 0 saturated carbocycles. The third-order valence-corrected chi connectivity index (χ3v) is 4.89. The average Bonchev–Trinajstić information content (AvgIpc) is 2.70. The van der Waals surface area contributed by atoms with Crippen LogP contribution in [-0.2, 0) is 17.9 Å². The fraction of sp³-hybridized carbons (Fsp3) is 0.136. The van der Waals surface area contributed by atoms with Crippen LogP contribution in [0.15, 0.2) is 66.9 Å². The number of halogens is 2. The van der Waals surface area contributed by atoms with E-state index in [0.29, 0.717) is 34.4 Å². The first kappa shape index (κ1) is 20.8. The van der Waals surface area contributed by atoms with Crippen molar-refractivity contribution in [2.75, 3.05) is 5.32 Å². The number of carbonyl (C=O) groups excluding carboxylic acids is 2. The Morgan fingerprint density at radius 2 is 1.79 bits per heavy atom. The van der Waals surface area contributed by atoms with Crippen LogP contribution in [0.25, 0.3) is 0 Å². The summed E-state index contributed by atoms with van der Waals surface area (Å²) in [4.78, 5) is 30.6. The van der Waals surface area contributed by atoms with Gasteiger partial charge in [0.15, 0.2) is 0 Å². The van der Waals surface area contributed by atoms with Gasteiger partial charge in [-0.05, 0) is 48.0 Å². The van der Waals surface area contributed by atoms with E-state index in [9.17, 15) is 9.59 Å². The van der Waals surface area contributed by atoms with Crippen LogP contribution < -0.4 is 5.32 Å². The van der Waals surface area contributed by atoms with E-state index in [4.69, 9.17) is 23.2 Å². The molecule has 0 bridgehead atoms. The first-order valence-corrected chi connectivity index (χ1v) is 9.69. The van der Waals surface area contributed by atoms with Crippen LogP contribution in [0.4, 0.5) is 5.69 Å². The summed E-state index contributed by atoms with van der Waals surface area (Å²) >= 11 is 12.1. The van der Waals surface area contributed by atoms with Crippen LogP contribution >= 0.6 is 23.2 Å². The topological polar surface area (TPSA) is 62.3 Å². The van der Waals surface area contributed by atoms with Crippen molar-refractivity contribution in [2.24, 2.45) is 0 Å². The van der Waals surface area contributed by atoms with Crippen molar-refractivity contribution in [2.45, 2.75) is 20.0 Å². The Labute approximate surface area is 179 Å². The Balaban J connectivity index is 1.90. The van der Waals surface area contributed by atoms with Gasteiger partial charge in [-0.15, -0.1) is 0 Å². The maximum absolute atomic E-state index is 13.3. The molecule has 29 heavy (non-hydrogen) atoms. The molecule has 0 aliphatic rings. The van der Waals surface area contributed by atoms with Gasteiger partial charge in [0.2, 0.25) is 5.91 Å². The second-order valence-electron chi connectivity index (χ2n) is 6.49. The molecule has 0 unspecified atom stereocenters. The molecule has 0 fully saturated rings. The van der Waals surface area contributed by atoms with Crippen LogP contribution in [0, 0.1) is 0 Å². The van der Waals surface area contributed by atoms with E-state index in [-0.39, 0.29) is 11.8 Å². The molecule has 0 radical (unpaired) electrons. The lowest BCUT2D eigenvalue weighted by molar-refractivity contribution is -0.114. The molecule has 5 nitrogen and oxygen atoms in total. The molecule has 3 rings (SSSR count). The number of rotatable bonds is 6. The third-order valence-electron chi connectivity index (χ3n) is 4.15.